The normalized spacial score (nSPS) is 14.5. The maximum Gasteiger partial charge on any atom is 0.416 e. The van der Waals surface area contributed by atoms with Crippen LogP contribution in [0, 0.1) is 18.8 Å². The van der Waals surface area contributed by atoms with Crippen molar-refractivity contribution in [2.45, 2.75) is 19.6 Å². The number of piperazine rings is 1. The molecule has 7 nitrogen and oxygen atoms in total. The van der Waals surface area contributed by atoms with E-state index in [4.69, 9.17) is 0 Å². The van der Waals surface area contributed by atoms with Gasteiger partial charge in [-0.3, -0.25) is 9.69 Å². The molecule has 0 unspecified atom stereocenters. The van der Waals surface area contributed by atoms with E-state index in [1.165, 1.54) is 0 Å². The summed E-state index contributed by atoms with van der Waals surface area (Å²) in [5.41, 5.74) is 2.19. The van der Waals surface area contributed by atoms with E-state index in [2.05, 4.69) is 42.2 Å². The Kier molecular flexibility index (Phi) is 8.29. The summed E-state index contributed by atoms with van der Waals surface area (Å²) < 4.78 is 40.9. The maximum absolute atomic E-state index is 13.6. The summed E-state index contributed by atoms with van der Waals surface area (Å²) in [5.74, 6) is 5.96. The van der Waals surface area contributed by atoms with Gasteiger partial charge in [-0.2, -0.15) is 13.2 Å². The Labute approximate surface area is 220 Å². The van der Waals surface area contributed by atoms with Crippen LogP contribution in [0.15, 0.2) is 48.8 Å². The van der Waals surface area contributed by atoms with Crippen LogP contribution < -0.4 is 10.6 Å². The Balaban J connectivity index is 1.54. The Morgan fingerprint density at radius 3 is 2.39 bits per heavy atom. The van der Waals surface area contributed by atoms with E-state index in [1.807, 2.05) is 14.0 Å². The summed E-state index contributed by atoms with van der Waals surface area (Å²) in [6.07, 6.45) is -1.35. The van der Waals surface area contributed by atoms with Crippen molar-refractivity contribution in [3.05, 3.63) is 82.2 Å². The number of hydrogen-bond donors (Lipinski definition) is 2. The van der Waals surface area contributed by atoms with Gasteiger partial charge in [0, 0.05) is 69.0 Å². The van der Waals surface area contributed by atoms with Crippen molar-refractivity contribution in [3.8, 4) is 11.8 Å². The first-order valence-corrected chi connectivity index (χ1v) is 12.2. The smallest absolute Gasteiger partial charge is 0.357 e. The zero-order valence-electron chi connectivity index (χ0n) is 21.5. The molecule has 1 aromatic heterocycles. The van der Waals surface area contributed by atoms with E-state index >= 15 is 0 Å². The summed E-state index contributed by atoms with van der Waals surface area (Å²) in [6.45, 7) is 5.50. The van der Waals surface area contributed by atoms with Gasteiger partial charge in [0.1, 0.15) is 0 Å². The van der Waals surface area contributed by atoms with Crippen LogP contribution in [0.2, 0.25) is 0 Å². The summed E-state index contributed by atoms with van der Waals surface area (Å²) >= 11 is 0. The van der Waals surface area contributed by atoms with E-state index in [0.29, 0.717) is 34.7 Å². The predicted molar refractivity (Wildman–Crippen MR) is 141 cm³/mol. The van der Waals surface area contributed by atoms with Crippen LogP contribution in [0.5, 0.6) is 0 Å². The first kappa shape index (κ1) is 27.1. The molecule has 198 valence electrons. The molecule has 0 saturated carbocycles. The number of rotatable bonds is 5. The van der Waals surface area contributed by atoms with Gasteiger partial charge in [0.15, 0.2) is 0 Å². The minimum Gasteiger partial charge on any atom is -0.357 e. The molecule has 1 saturated heterocycles. The quantitative estimate of drug-likeness (QED) is 0.489. The molecule has 2 aromatic carbocycles. The Morgan fingerprint density at radius 1 is 1.03 bits per heavy atom. The minimum atomic E-state index is -4.53. The number of aromatic nitrogens is 2. The van der Waals surface area contributed by atoms with Gasteiger partial charge in [0.2, 0.25) is 5.95 Å². The lowest BCUT2D eigenvalue weighted by Gasteiger charge is -2.32. The highest BCUT2D eigenvalue weighted by atomic mass is 19.4. The second-order valence-corrected chi connectivity index (χ2v) is 9.27. The van der Waals surface area contributed by atoms with E-state index in [0.717, 1.165) is 43.9 Å². The SMILES string of the molecule is CNc1ncc(C#Cc2cc(C(=O)Nc3cc(CN4CCN(C)CC4)cc(C(F)(F)F)c3)ccc2C)cn1. The average Bonchev–Trinajstić information content (AvgIpc) is 2.89. The molecular weight excluding hydrogens is 493 g/mol. The molecule has 2 N–H and O–H groups in total. The summed E-state index contributed by atoms with van der Waals surface area (Å²) in [5, 5.41) is 5.48. The van der Waals surface area contributed by atoms with E-state index in [-0.39, 0.29) is 5.69 Å². The van der Waals surface area contributed by atoms with Gasteiger partial charge in [-0.15, -0.1) is 0 Å². The second kappa shape index (κ2) is 11.6. The zero-order valence-corrected chi connectivity index (χ0v) is 21.5. The molecule has 0 radical (unpaired) electrons. The van der Waals surface area contributed by atoms with E-state index < -0.39 is 17.6 Å². The number of hydrogen-bond acceptors (Lipinski definition) is 6. The number of nitrogens with zero attached hydrogens (tertiary/aromatic N) is 4. The topological polar surface area (TPSA) is 73.4 Å². The molecule has 38 heavy (non-hydrogen) atoms. The number of alkyl halides is 3. The number of nitrogens with one attached hydrogen (secondary N) is 2. The molecule has 10 heteroatoms. The van der Waals surface area contributed by atoms with Gasteiger partial charge in [0.05, 0.1) is 11.1 Å². The van der Waals surface area contributed by atoms with E-state index in [1.54, 1.807) is 43.7 Å². The molecular formula is C28H29F3N6O. The molecule has 0 bridgehead atoms. The van der Waals surface area contributed by atoms with Crippen LogP contribution in [0.1, 0.15) is 38.2 Å². The number of aryl methyl sites for hydroxylation is 1. The summed E-state index contributed by atoms with van der Waals surface area (Å²) in [7, 11) is 3.74. The zero-order chi connectivity index (χ0) is 27.3. The van der Waals surface area contributed by atoms with Gasteiger partial charge in [0.25, 0.3) is 5.91 Å². The number of carbonyl (C=O) groups is 1. The highest BCUT2D eigenvalue weighted by Gasteiger charge is 2.31. The molecule has 1 amide bonds. The molecule has 1 aliphatic heterocycles. The first-order valence-electron chi connectivity index (χ1n) is 12.2. The predicted octanol–water partition coefficient (Wildman–Crippen LogP) is 4.25. The molecule has 1 fully saturated rings. The highest BCUT2D eigenvalue weighted by molar-refractivity contribution is 6.04. The average molecular weight is 523 g/mol. The maximum atomic E-state index is 13.6. The van der Waals surface area contributed by atoms with Crippen LogP contribution in [-0.4, -0.2) is 65.9 Å². The van der Waals surface area contributed by atoms with Crippen molar-refractivity contribution in [3.63, 3.8) is 0 Å². The van der Waals surface area contributed by atoms with Gasteiger partial charge < -0.3 is 15.5 Å². The fourth-order valence-electron chi connectivity index (χ4n) is 4.05. The third-order valence-electron chi connectivity index (χ3n) is 6.30. The van der Waals surface area contributed by atoms with Crippen LogP contribution in [0.4, 0.5) is 24.8 Å². The van der Waals surface area contributed by atoms with Gasteiger partial charge in [-0.25, -0.2) is 9.97 Å². The number of amides is 1. The fourth-order valence-corrected chi connectivity index (χ4v) is 4.05. The van der Waals surface area contributed by atoms with Crippen molar-refractivity contribution in [1.29, 1.82) is 0 Å². The molecule has 0 atom stereocenters. The van der Waals surface area contributed by atoms with Crippen molar-refractivity contribution >= 4 is 17.5 Å². The summed E-state index contributed by atoms with van der Waals surface area (Å²) in [4.78, 5) is 25.6. The number of likely N-dealkylation sites (N-methyl/N-ethyl adjacent to an activating group) is 1. The second-order valence-electron chi connectivity index (χ2n) is 9.27. The monoisotopic (exact) mass is 522 g/mol. The van der Waals surface area contributed by atoms with Crippen LogP contribution in [0.25, 0.3) is 0 Å². The lowest BCUT2D eigenvalue weighted by molar-refractivity contribution is -0.137. The minimum absolute atomic E-state index is 0.101. The third-order valence-corrected chi connectivity index (χ3v) is 6.30. The third kappa shape index (κ3) is 7.09. The molecule has 3 aromatic rings. The van der Waals surface area contributed by atoms with Crippen molar-refractivity contribution < 1.29 is 18.0 Å². The van der Waals surface area contributed by atoms with Gasteiger partial charge in [-0.05, 0) is 55.4 Å². The van der Waals surface area contributed by atoms with Gasteiger partial charge >= 0.3 is 6.18 Å². The number of anilines is 2. The highest BCUT2D eigenvalue weighted by Crippen LogP contribution is 2.32. The standard InChI is InChI=1S/C28H29F3N6O/c1-19-4-6-23(14-22(19)7-5-20-16-33-27(32-2)34-17-20)26(38)35-25-13-21(12-24(15-25)28(29,30)31)18-37-10-8-36(3)9-11-37/h4,6,12-17H,8-11,18H2,1-3H3,(H,35,38)(H,32,33,34). The summed E-state index contributed by atoms with van der Waals surface area (Å²) in [6, 6.07) is 8.73. The van der Waals surface area contributed by atoms with Crippen LogP contribution >= 0.6 is 0 Å². The van der Waals surface area contributed by atoms with Crippen molar-refractivity contribution in [1.82, 2.24) is 19.8 Å². The van der Waals surface area contributed by atoms with Crippen molar-refractivity contribution in [2.24, 2.45) is 0 Å². The van der Waals surface area contributed by atoms with E-state index in [9.17, 15) is 18.0 Å². The van der Waals surface area contributed by atoms with Crippen LogP contribution in [0.3, 0.4) is 0 Å². The number of halogens is 3. The number of carbonyl (C=O) groups excluding carboxylic acids is 1. The molecule has 1 aliphatic rings. The molecule has 4 rings (SSSR count). The molecule has 0 aliphatic carbocycles. The Hall–Kier alpha value is -3.94. The fraction of sp³-hybridized carbons (Fsp3) is 0.321. The Morgan fingerprint density at radius 2 is 1.74 bits per heavy atom. The molecule has 0 spiro atoms. The van der Waals surface area contributed by atoms with Crippen molar-refractivity contribution in [2.75, 3.05) is 50.9 Å². The first-order chi connectivity index (χ1) is 18.1. The lowest BCUT2D eigenvalue weighted by Crippen LogP contribution is -2.43. The lowest BCUT2D eigenvalue weighted by atomic mass is 10.0. The number of benzene rings is 2. The Bertz CT molecular complexity index is 1350. The van der Waals surface area contributed by atoms with Crippen LogP contribution in [-0.2, 0) is 12.7 Å². The largest absolute Gasteiger partial charge is 0.416 e. The molecule has 2 heterocycles. The van der Waals surface area contributed by atoms with Gasteiger partial charge in [-0.1, -0.05) is 17.9 Å².